The Bertz CT molecular complexity index is 193. The topological polar surface area (TPSA) is 64.4 Å². The summed E-state index contributed by atoms with van der Waals surface area (Å²) in [6, 6.07) is 0. The molecule has 1 saturated carbocycles. The molecule has 0 aromatic rings. The zero-order valence-corrected chi connectivity index (χ0v) is 9.18. The van der Waals surface area contributed by atoms with Crippen LogP contribution in [-0.4, -0.2) is 10.4 Å². The lowest BCUT2D eigenvalue weighted by atomic mass is 9.81. The molecular formula is C9H19N3S. The van der Waals surface area contributed by atoms with Crippen LogP contribution in [0.2, 0.25) is 0 Å². The van der Waals surface area contributed by atoms with Crippen LogP contribution in [0.4, 0.5) is 0 Å². The maximum Gasteiger partial charge on any atom is 0.177 e. The smallest absolute Gasteiger partial charge is 0.177 e. The summed E-state index contributed by atoms with van der Waals surface area (Å²) in [4.78, 5) is 0. The standard InChI is InChI=1S/C9H19N3S/c1-6-3-4-8(5-7(6)2)13-9(10)12-11/h6-8H,3-5,11H2,1-2H3,(H2,10,12). The molecule has 0 radical (unpaired) electrons. The summed E-state index contributed by atoms with van der Waals surface area (Å²) >= 11 is 1.63. The molecule has 13 heavy (non-hydrogen) atoms. The highest BCUT2D eigenvalue weighted by Gasteiger charge is 2.25. The van der Waals surface area contributed by atoms with Crippen molar-refractivity contribution >= 4 is 16.9 Å². The number of nitrogens with zero attached hydrogens (tertiary/aromatic N) is 1. The maximum absolute atomic E-state index is 5.57. The molecule has 0 saturated heterocycles. The van der Waals surface area contributed by atoms with E-state index in [4.69, 9.17) is 11.6 Å². The average molecular weight is 201 g/mol. The van der Waals surface area contributed by atoms with E-state index in [2.05, 4.69) is 18.9 Å². The molecule has 0 aromatic carbocycles. The Kier molecular flexibility index (Phi) is 3.90. The van der Waals surface area contributed by atoms with Crippen molar-refractivity contribution in [3.8, 4) is 0 Å². The first-order chi connectivity index (χ1) is 6.13. The summed E-state index contributed by atoms with van der Waals surface area (Å²) < 4.78 is 0. The first kappa shape index (κ1) is 10.7. The summed E-state index contributed by atoms with van der Waals surface area (Å²) in [7, 11) is 0. The van der Waals surface area contributed by atoms with Gasteiger partial charge in [-0.25, -0.2) is 0 Å². The average Bonchev–Trinajstić information content (AvgIpc) is 2.11. The molecule has 0 heterocycles. The van der Waals surface area contributed by atoms with Crippen LogP contribution in [0.3, 0.4) is 0 Å². The van der Waals surface area contributed by atoms with Crippen LogP contribution in [0.25, 0.3) is 0 Å². The summed E-state index contributed by atoms with van der Waals surface area (Å²) in [6.45, 7) is 4.64. The Morgan fingerprint density at radius 3 is 2.54 bits per heavy atom. The Balaban J connectivity index is 2.37. The number of hydrogen-bond donors (Lipinski definition) is 2. The summed E-state index contributed by atoms with van der Waals surface area (Å²) in [6.07, 6.45) is 3.78. The van der Waals surface area contributed by atoms with Crippen molar-refractivity contribution in [1.29, 1.82) is 0 Å². The van der Waals surface area contributed by atoms with Crippen LogP contribution < -0.4 is 11.6 Å². The minimum absolute atomic E-state index is 0.520. The number of hydrogen-bond acceptors (Lipinski definition) is 3. The molecule has 1 aliphatic rings. The van der Waals surface area contributed by atoms with Gasteiger partial charge >= 0.3 is 0 Å². The van der Waals surface area contributed by atoms with E-state index in [9.17, 15) is 0 Å². The van der Waals surface area contributed by atoms with Crippen LogP contribution in [0.5, 0.6) is 0 Å². The van der Waals surface area contributed by atoms with Crippen LogP contribution in [-0.2, 0) is 0 Å². The second-order valence-corrected chi connectivity index (χ2v) is 5.30. The van der Waals surface area contributed by atoms with Gasteiger partial charge in [-0.2, -0.15) is 5.10 Å². The zero-order chi connectivity index (χ0) is 9.84. The highest BCUT2D eigenvalue weighted by atomic mass is 32.2. The van der Waals surface area contributed by atoms with E-state index < -0.39 is 0 Å². The molecule has 0 aromatic heterocycles. The van der Waals surface area contributed by atoms with Crippen LogP contribution in [0, 0.1) is 11.8 Å². The normalized spacial score (nSPS) is 36.2. The van der Waals surface area contributed by atoms with Gasteiger partial charge < -0.3 is 11.6 Å². The Morgan fingerprint density at radius 2 is 2.00 bits per heavy atom. The first-order valence-electron chi connectivity index (χ1n) is 4.83. The maximum atomic E-state index is 5.57. The van der Waals surface area contributed by atoms with E-state index >= 15 is 0 Å². The van der Waals surface area contributed by atoms with Gasteiger partial charge in [-0.1, -0.05) is 25.6 Å². The molecule has 1 fully saturated rings. The monoisotopic (exact) mass is 201 g/mol. The molecule has 76 valence electrons. The van der Waals surface area contributed by atoms with Gasteiger partial charge in [-0.15, -0.1) is 0 Å². The van der Waals surface area contributed by atoms with E-state index in [0.717, 1.165) is 11.8 Å². The largest absolute Gasteiger partial charge is 0.377 e. The SMILES string of the molecule is CC1CCC(SC(N)=NN)CC1C. The van der Waals surface area contributed by atoms with E-state index in [-0.39, 0.29) is 0 Å². The second-order valence-electron chi connectivity index (χ2n) is 3.97. The number of hydrazone groups is 1. The number of rotatable bonds is 1. The van der Waals surface area contributed by atoms with Gasteiger partial charge in [-0.05, 0) is 31.1 Å². The van der Waals surface area contributed by atoms with Crippen molar-refractivity contribution < 1.29 is 0 Å². The van der Waals surface area contributed by atoms with Crippen LogP contribution in [0.15, 0.2) is 5.10 Å². The second kappa shape index (κ2) is 4.74. The lowest BCUT2D eigenvalue weighted by Crippen LogP contribution is -2.25. The third-order valence-electron chi connectivity index (χ3n) is 2.96. The Hall–Kier alpha value is -0.380. The van der Waals surface area contributed by atoms with Gasteiger partial charge in [0, 0.05) is 5.25 Å². The fourth-order valence-electron chi connectivity index (χ4n) is 1.81. The predicted molar refractivity (Wildman–Crippen MR) is 59.4 cm³/mol. The predicted octanol–water partition coefficient (Wildman–Crippen LogP) is 1.73. The molecule has 4 heteroatoms. The Morgan fingerprint density at radius 1 is 1.31 bits per heavy atom. The number of thioether (sulfide) groups is 1. The minimum Gasteiger partial charge on any atom is -0.377 e. The van der Waals surface area contributed by atoms with Gasteiger partial charge in [-0.3, -0.25) is 0 Å². The van der Waals surface area contributed by atoms with Gasteiger partial charge in [0.05, 0.1) is 0 Å². The van der Waals surface area contributed by atoms with E-state index in [1.807, 2.05) is 0 Å². The summed E-state index contributed by atoms with van der Waals surface area (Å²) in [5, 5.41) is 4.63. The van der Waals surface area contributed by atoms with Crippen molar-refractivity contribution in [3.63, 3.8) is 0 Å². The molecule has 1 rings (SSSR count). The first-order valence-corrected chi connectivity index (χ1v) is 5.71. The van der Waals surface area contributed by atoms with Gasteiger partial charge in [0.1, 0.15) is 0 Å². The van der Waals surface area contributed by atoms with Crippen LogP contribution >= 0.6 is 11.8 Å². The third kappa shape index (κ3) is 3.10. The molecule has 0 amide bonds. The summed E-state index contributed by atoms with van der Waals surface area (Å²) in [5.74, 6) is 6.75. The van der Waals surface area contributed by atoms with Crippen molar-refractivity contribution in [2.75, 3.05) is 0 Å². The number of amidine groups is 1. The molecule has 4 N–H and O–H groups in total. The van der Waals surface area contributed by atoms with Crippen LogP contribution in [0.1, 0.15) is 33.1 Å². The van der Waals surface area contributed by atoms with Crippen molar-refractivity contribution in [2.24, 2.45) is 28.5 Å². The highest BCUT2D eigenvalue weighted by molar-refractivity contribution is 8.14. The quantitative estimate of drug-likeness (QED) is 0.294. The lowest BCUT2D eigenvalue weighted by Gasteiger charge is -2.31. The zero-order valence-electron chi connectivity index (χ0n) is 8.36. The van der Waals surface area contributed by atoms with E-state index in [0.29, 0.717) is 10.4 Å². The molecule has 3 unspecified atom stereocenters. The van der Waals surface area contributed by atoms with E-state index in [1.165, 1.54) is 19.3 Å². The molecule has 3 nitrogen and oxygen atoms in total. The molecular weight excluding hydrogens is 182 g/mol. The van der Waals surface area contributed by atoms with Gasteiger partial charge in [0.15, 0.2) is 5.17 Å². The molecule has 0 spiro atoms. The van der Waals surface area contributed by atoms with Crippen molar-refractivity contribution in [1.82, 2.24) is 0 Å². The summed E-state index contributed by atoms with van der Waals surface area (Å²) in [5.41, 5.74) is 5.57. The fourth-order valence-corrected chi connectivity index (χ4v) is 2.86. The third-order valence-corrected chi connectivity index (χ3v) is 4.07. The lowest BCUT2D eigenvalue weighted by molar-refractivity contribution is 0.284. The molecule has 1 aliphatic carbocycles. The van der Waals surface area contributed by atoms with Gasteiger partial charge in [0.2, 0.25) is 0 Å². The molecule has 0 bridgehead atoms. The Labute approximate surface area is 84.3 Å². The molecule has 3 atom stereocenters. The number of nitrogens with two attached hydrogens (primary N) is 2. The van der Waals surface area contributed by atoms with Crippen molar-refractivity contribution in [2.45, 2.75) is 38.4 Å². The van der Waals surface area contributed by atoms with Crippen molar-refractivity contribution in [3.05, 3.63) is 0 Å². The highest BCUT2D eigenvalue weighted by Crippen LogP contribution is 2.35. The van der Waals surface area contributed by atoms with Gasteiger partial charge in [0.25, 0.3) is 0 Å². The van der Waals surface area contributed by atoms with E-state index in [1.54, 1.807) is 11.8 Å². The minimum atomic E-state index is 0.520. The molecule has 0 aliphatic heterocycles. The fraction of sp³-hybridized carbons (Fsp3) is 0.889.